The molecule has 0 radical (unpaired) electrons. The first-order chi connectivity index (χ1) is 15.4. The van der Waals surface area contributed by atoms with Gasteiger partial charge in [-0.2, -0.15) is 4.31 Å². The van der Waals surface area contributed by atoms with E-state index in [1.54, 1.807) is 32.0 Å². The van der Waals surface area contributed by atoms with Crippen molar-refractivity contribution in [1.82, 2.24) is 4.31 Å². The summed E-state index contributed by atoms with van der Waals surface area (Å²) in [4.78, 5) is 12.9. The summed E-state index contributed by atoms with van der Waals surface area (Å²) >= 11 is 0. The molecule has 2 unspecified atom stereocenters. The van der Waals surface area contributed by atoms with E-state index in [1.165, 1.54) is 16.4 Å². The first kappa shape index (κ1) is 22.0. The minimum Gasteiger partial charge on any atom is -0.465 e. The van der Waals surface area contributed by atoms with Crippen molar-refractivity contribution in [3.8, 4) is 11.5 Å². The normalized spacial score (nSPS) is 18.6. The highest BCUT2D eigenvalue weighted by molar-refractivity contribution is 7.89. The van der Waals surface area contributed by atoms with Gasteiger partial charge in [-0.25, -0.2) is 8.42 Å². The zero-order chi connectivity index (χ0) is 22.7. The highest BCUT2D eigenvalue weighted by Gasteiger charge is 2.44. The Kier molecular flexibility index (Phi) is 6.30. The number of sulfonamides is 1. The largest absolute Gasteiger partial charge is 0.465 e. The maximum Gasteiger partial charge on any atom is 0.324 e. The molecule has 0 spiro atoms. The molecule has 6 nitrogen and oxygen atoms in total. The maximum atomic E-state index is 13.6. The summed E-state index contributed by atoms with van der Waals surface area (Å²) in [6.07, 6.45) is 0.232. The van der Waals surface area contributed by atoms with Crippen LogP contribution in [0.3, 0.4) is 0 Å². The van der Waals surface area contributed by atoms with Gasteiger partial charge in [-0.15, -0.1) is 0 Å². The number of benzene rings is 3. The Labute approximate surface area is 188 Å². The van der Waals surface area contributed by atoms with Gasteiger partial charge in [0.25, 0.3) is 0 Å². The van der Waals surface area contributed by atoms with Crippen molar-refractivity contribution >= 4 is 16.0 Å². The van der Waals surface area contributed by atoms with Gasteiger partial charge in [0.1, 0.15) is 17.5 Å². The molecule has 1 heterocycles. The smallest absolute Gasteiger partial charge is 0.324 e. The fourth-order valence-electron chi connectivity index (χ4n) is 4.06. The fourth-order valence-corrected chi connectivity index (χ4v) is 5.83. The molecule has 1 aliphatic heterocycles. The van der Waals surface area contributed by atoms with Crippen LogP contribution in [0.5, 0.6) is 11.5 Å². The maximum absolute atomic E-state index is 13.6. The molecule has 3 aromatic rings. The molecular formula is C25H25NO5S. The lowest BCUT2D eigenvalue weighted by Gasteiger charge is -2.39. The van der Waals surface area contributed by atoms with Crippen molar-refractivity contribution in [3.05, 3.63) is 90.0 Å². The van der Waals surface area contributed by atoms with Crippen LogP contribution < -0.4 is 4.74 Å². The molecule has 0 saturated carbocycles. The Morgan fingerprint density at radius 3 is 2.28 bits per heavy atom. The van der Waals surface area contributed by atoms with E-state index in [0.29, 0.717) is 11.5 Å². The van der Waals surface area contributed by atoms with Gasteiger partial charge in [0.15, 0.2) is 0 Å². The fraction of sp³-hybridized carbons (Fsp3) is 0.240. The summed E-state index contributed by atoms with van der Waals surface area (Å²) in [5, 5.41) is 0. The first-order valence-electron chi connectivity index (χ1n) is 10.5. The second-order valence-corrected chi connectivity index (χ2v) is 9.41. The van der Waals surface area contributed by atoms with Gasteiger partial charge >= 0.3 is 5.97 Å². The van der Waals surface area contributed by atoms with Crippen LogP contribution in [-0.4, -0.2) is 31.3 Å². The van der Waals surface area contributed by atoms with Gasteiger partial charge in [-0.05, 0) is 61.4 Å². The number of hydrogen-bond donors (Lipinski definition) is 0. The van der Waals surface area contributed by atoms with Gasteiger partial charge in [0, 0.05) is 12.5 Å². The first-order valence-corrected chi connectivity index (χ1v) is 12.0. The molecular weight excluding hydrogens is 426 g/mol. The molecule has 166 valence electrons. The van der Waals surface area contributed by atoms with Crippen molar-refractivity contribution in [3.63, 3.8) is 0 Å². The van der Waals surface area contributed by atoms with Gasteiger partial charge in [-0.3, -0.25) is 4.79 Å². The van der Waals surface area contributed by atoms with E-state index in [2.05, 4.69) is 0 Å². The molecule has 7 heteroatoms. The number of esters is 1. The third kappa shape index (κ3) is 4.26. The van der Waals surface area contributed by atoms with Gasteiger partial charge in [0.2, 0.25) is 10.0 Å². The van der Waals surface area contributed by atoms with Crippen LogP contribution in [0.15, 0.2) is 83.8 Å². The van der Waals surface area contributed by atoms with Gasteiger partial charge in [-0.1, -0.05) is 42.5 Å². The van der Waals surface area contributed by atoms with Gasteiger partial charge < -0.3 is 9.47 Å². The van der Waals surface area contributed by atoms with Crippen molar-refractivity contribution in [2.75, 3.05) is 6.61 Å². The zero-order valence-electron chi connectivity index (χ0n) is 18.0. The minimum atomic E-state index is -3.95. The topological polar surface area (TPSA) is 72.9 Å². The Morgan fingerprint density at radius 1 is 0.969 bits per heavy atom. The summed E-state index contributed by atoms with van der Waals surface area (Å²) in [6.45, 7) is 3.68. The van der Waals surface area contributed by atoms with Crippen LogP contribution in [-0.2, 0) is 26.0 Å². The van der Waals surface area contributed by atoms with Crippen LogP contribution >= 0.6 is 0 Å². The summed E-state index contributed by atoms with van der Waals surface area (Å²) < 4.78 is 39.6. The van der Waals surface area contributed by atoms with E-state index in [4.69, 9.17) is 9.47 Å². The summed E-state index contributed by atoms with van der Waals surface area (Å²) in [5.41, 5.74) is 1.70. The van der Waals surface area contributed by atoms with Crippen LogP contribution in [0.25, 0.3) is 0 Å². The molecule has 0 aliphatic carbocycles. The predicted molar refractivity (Wildman–Crippen MR) is 121 cm³/mol. The van der Waals surface area contributed by atoms with Crippen LogP contribution in [0.1, 0.15) is 31.0 Å². The van der Waals surface area contributed by atoms with Crippen molar-refractivity contribution < 1.29 is 22.7 Å². The molecule has 2 atom stereocenters. The van der Waals surface area contributed by atoms with E-state index in [-0.39, 0.29) is 17.9 Å². The van der Waals surface area contributed by atoms with Crippen molar-refractivity contribution in [2.45, 2.75) is 37.2 Å². The molecule has 32 heavy (non-hydrogen) atoms. The Morgan fingerprint density at radius 2 is 1.62 bits per heavy atom. The highest BCUT2D eigenvalue weighted by Crippen LogP contribution is 2.39. The molecule has 0 fully saturated rings. The van der Waals surface area contributed by atoms with E-state index >= 15 is 0 Å². The van der Waals surface area contributed by atoms with E-state index in [9.17, 15) is 13.2 Å². The quantitative estimate of drug-likeness (QED) is 0.507. The molecule has 1 aliphatic rings. The molecule has 0 bridgehead atoms. The molecule has 0 N–H and O–H groups in total. The number of nitrogens with zero attached hydrogens (tertiary/aromatic N) is 1. The summed E-state index contributed by atoms with van der Waals surface area (Å²) in [7, 11) is -3.95. The molecule has 0 aromatic heterocycles. The standard InChI is InChI=1S/C25H25NO5S/c1-3-30-25(27)24-16-19-14-15-21(31-20-10-6-4-7-11-20)17-23(19)18(2)26(24)32(28,29)22-12-8-5-9-13-22/h4-15,17-18,24H,3,16H2,1-2H3. The number of para-hydroxylation sites is 1. The summed E-state index contributed by atoms with van der Waals surface area (Å²) in [6, 6.07) is 21.6. The lowest BCUT2D eigenvalue weighted by molar-refractivity contribution is -0.148. The van der Waals surface area contributed by atoms with Crippen molar-refractivity contribution in [1.29, 1.82) is 0 Å². The molecule has 4 rings (SSSR count). The SMILES string of the molecule is CCOC(=O)C1Cc2ccc(Oc3ccccc3)cc2C(C)N1S(=O)(=O)c1ccccc1. The number of hydrogen-bond acceptors (Lipinski definition) is 5. The van der Waals surface area contributed by atoms with Crippen LogP contribution in [0.4, 0.5) is 0 Å². The van der Waals surface area contributed by atoms with E-state index in [1.807, 2.05) is 48.5 Å². The Hall–Kier alpha value is -3.16. The minimum absolute atomic E-state index is 0.140. The van der Waals surface area contributed by atoms with E-state index in [0.717, 1.165) is 11.1 Å². The lowest BCUT2D eigenvalue weighted by atomic mass is 9.90. The van der Waals surface area contributed by atoms with Crippen molar-refractivity contribution in [2.24, 2.45) is 0 Å². The average molecular weight is 452 g/mol. The Balaban J connectivity index is 1.76. The summed E-state index contributed by atoms with van der Waals surface area (Å²) in [5.74, 6) is 0.747. The van der Waals surface area contributed by atoms with E-state index < -0.39 is 28.1 Å². The monoisotopic (exact) mass is 451 g/mol. The third-order valence-corrected chi connectivity index (χ3v) is 7.52. The van der Waals surface area contributed by atoms with Crippen LogP contribution in [0.2, 0.25) is 0 Å². The van der Waals surface area contributed by atoms with Crippen LogP contribution in [0, 0.1) is 0 Å². The number of ether oxygens (including phenoxy) is 2. The highest BCUT2D eigenvalue weighted by atomic mass is 32.2. The molecule has 0 saturated heterocycles. The third-order valence-electron chi connectivity index (χ3n) is 5.53. The molecule has 0 amide bonds. The number of fused-ring (bicyclic) bond motifs is 1. The zero-order valence-corrected chi connectivity index (χ0v) is 18.8. The number of carbonyl (C=O) groups is 1. The lowest BCUT2D eigenvalue weighted by Crippen LogP contribution is -2.51. The second kappa shape index (κ2) is 9.14. The number of carbonyl (C=O) groups excluding carboxylic acids is 1. The van der Waals surface area contributed by atoms with Gasteiger partial charge in [0.05, 0.1) is 11.5 Å². The predicted octanol–water partition coefficient (Wildman–Crippen LogP) is 4.72. The second-order valence-electron chi connectivity index (χ2n) is 7.57. The molecule has 3 aromatic carbocycles. The average Bonchev–Trinajstić information content (AvgIpc) is 2.80. The Bertz CT molecular complexity index is 1200. The number of rotatable bonds is 6.